The van der Waals surface area contributed by atoms with E-state index in [1.54, 1.807) is 6.20 Å². The smallest absolute Gasteiger partial charge is 0.271 e. The standard InChI is InChI=1S/C15H20N4O/c1-12(18-7-4-5-8-18)10-16-15(20)13-11-19-9-3-2-6-14(19)17-13/h2-3,6,9,11-12H,4-5,7-8,10H2,1H3,(H,16,20)/t12-/m1/s1. The number of rotatable bonds is 4. The van der Waals surface area contributed by atoms with Gasteiger partial charge in [-0.15, -0.1) is 0 Å². The van der Waals surface area contributed by atoms with Gasteiger partial charge in [0.2, 0.25) is 0 Å². The van der Waals surface area contributed by atoms with E-state index in [1.807, 2.05) is 28.8 Å². The summed E-state index contributed by atoms with van der Waals surface area (Å²) in [5, 5.41) is 2.98. The first-order valence-electron chi connectivity index (χ1n) is 7.20. The minimum Gasteiger partial charge on any atom is -0.349 e. The van der Waals surface area contributed by atoms with Crippen molar-refractivity contribution in [2.24, 2.45) is 0 Å². The average molecular weight is 272 g/mol. The molecule has 0 bridgehead atoms. The molecule has 0 radical (unpaired) electrons. The van der Waals surface area contributed by atoms with Crippen LogP contribution in [0.4, 0.5) is 0 Å². The normalized spacial score (nSPS) is 17.4. The van der Waals surface area contributed by atoms with Crippen LogP contribution in [-0.2, 0) is 0 Å². The summed E-state index contributed by atoms with van der Waals surface area (Å²) in [6.07, 6.45) is 6.20. The lowest BCUT2D eigenvalue weighted by Crippen LogP contribution is -2.40. The Hall–Kier alpha value is -1.88. The predicted octanol–water partition coefficient (Wildman–Crippen LogP) is 1.55. The van der Waals surface area contributed by atoms with E-state index in [1.165, 1.54) is 12.8 Å². The van der Waals surface area contributed by atoms with Gasteiger partial charge in [-0.1, -0.05) is 6.07 Å². The zero-order valence-corrected chi connectivity index (χ0v) is 11.7. The third kappa shape index (κ3) is 2.67. The molecule has 0 unspecified atom stereocenters. The van der Waals surface area contributed by atoms with Crippen LogP contribution < -0.4 is 5.32 Å². The molecule has 1 amide bonds. The van der Waals surface area contributed by atoms with Gasteiger partial charge in [0.15, 0.2) is 0 Å². The van der Waals surface area contributed by atoms with Crippen LogP contribution in [0, 0.1) is 0 Å². The fourth-order valence-corrected chi connectivity index (χ4v) is 2.69. The van der Waals surface area contributed by atoms with Gasteiger partial charge < -0.3 is 9.72 Å². The van der Waals surface area contributed by atoms with Crippen LogP contribution in [0.25, 0.3) is 5.65 Å². The van der Waals surface area contributed by atoms with Crippen molar-refractivity contribution in [1.82, 2.24) is 19.6 Å². The Balaban J connectivity index is 1.61. The highest BCUT2D eigenvalue weighted by Gasteiger charge is 2.19. The summed E-state index contributed by atoms with van der Waals surface area (Å²) in [7, 11) is 0. The Morgan fingerprint density at radius 2 is 2.20 bits per heavy atom. The second kappa shape index (κ2) is 5.63. The lowest BCUT2D eigenvalue weighted by Gasteiger charge is -2.23. The maximum absolute atomic E-state index is 12.1. The second-order valence-electron chi connectivity index (χ2n) is 5.39. The highest BCUT2D eigenvalue weighted by Crippen LogP contribution is 2.11. The van der Waals surface area contributed by atoms with Crippen LogP contribution in [0.1, 0.15) is 30.3 Å². The minimum atomic E-state index is -0.0975. The SMILES string of the molecule is C[C@H](CNC(=O)c1cn2ccccc2n1)N1CCCC1. The van der Waals surface area contributed by atoms with Crippen molar-refractivity contribution in [3.63, 3.8) is 0 Å². The molecule has 1 atom stereocenters. The van der Waals surface area contributed by atoms with E-state index in [0.717, 1.165) is 18.7 Å². The van der Waals surface area contributed by atoms with E-state index >= 15 is 0 Å². The largest absolute Gasteiger partial charge is 0.349 e. The van der Waals surface area contributed by atoms with Gasteiger partial charge >= 0.3 is 0 Å². The number of nitrogens with zero attached hydrogens (tertiary/aromatic N) is 3. The van der Waals surface area contributed by atoms with Crippen molar-refractivity contribution in [2.45, 2.75) is 25.8 Å². The van der Waals surface area contributed by atoms with E-state index in [2.05, 4.69) is 22.1 Å². The molecule has 1 saturated heterocycles. The number of hydrogen-bond donors (Lipinski definition) is 1. The number of amides is 1. The lowest BCUT2D eigenvalue weighted by molar-refractivity contribution is 0.0936. The van der Waals surface area contributed by atoms with E-state index < -0.39 is 0 Å². The van der Waals surface area contributed by atoms with Crippen LogP contribution in [0.2, 0.25) is 0 Å². The van der Waals surface area contributed by atoms with Crippen molar-refractivity contribution in [1.29, 1.82) is 0 Å². The number of likely N-dealkylation sites (tertiary alicyclic amines) is 1. The molecule has 1 aliphatic rings. The summed E-state index contributed by atoms with van der Waals surface area (Å²) in [6.45, 7) is 5.12. The van der Waals surface area contributed by atoms with Crippen LogP contribution in [0.3, 0.4) is 0 Å². The molecule has 5 nitrogen and oxygen atoms in total. The van der Waals surface area contributed by atoms with Crippen molar-refractivity contribution in [2.75, 3.05) is 19.6 Å². The highest BCUT2D eigenvalue weighted by atomic mass is 16.1. The summed E-state index contributed by atoms with van der Waals surface area (Å²) >= 11 is 0. The molecule has 0 saturated carbocycles. The number of fused-ring (bicyclic) bond motifs is 1. The van der Waals surface area contributed by atoms with Crippen LogP contribution in [0.15, 0.2) is 30.6 Å². The van der Waals surface area contributed by atoms with Crippen molar-refractivity contribution >= 4 is 11.6 Å². The monoisotopic (exact) mass is 272 g/mol. The number of nitrogens with one attached hydrogen (secondary N) is 1. The highest BCUT2D eigenvalue weighted by molar-refractivity contribution is 5.92. The molecule has 3 rings (SSSR count). The number of imidazole rings is 1. The van der Waals surface area contributed by atoms with Crippen LogP contribution >= 0.6 is 0 Å². The van der Waals surface area contributed by atoms with Gasteiger partial charge in [0, 0.05) is 25.0 Å². The fourth-order valence-electron chi connectivity index (χ4n) is 2.69. The van der Waals surface area contributed by atoms with Crippen molar-refractivity contribution in [3.05, 3.63) is 36.3 Å². The summed E-state index contributed by atoms with van der Waals surface area (Å²) in [5.74, 6) is -0.0975. The quantitative estimate of drug-likeness (QED) is 0.918. The topological polar surface area (TPSA) is 49.6 Å². The van der Waals surface area contributed by atoms with Gasteiger partial charge in [0.05, 0.1) is 0 Å². The number of carbonyl (C=O) groups excluding carboxylic acids is 1. The molecule has 20 heavy (non-hydrogen) atoms. The van der Waals surface area contributed by atoms with E-state index in [9.17, 15) is 4.79 Å². The molecule has 0 aliphatic carbocycles. The fraction of sp³-hybridized carbons (Fsp3) is 0.467. The first-order valence-corrected chi connectivity index (χ1v) is 7.20. The van der Waals surface area contributed by atoms with Crippen LogP contribution in [-0.4, -0.2) is 45.9 Å². The number of aromatic nitrogens is 2. The summed E-state index contributed by atoms with van der Waals surface area (Å²) in [4.78, 5) is 18.9. The summed E-state index contributed by atoms with van der Waals surface area (Å²) in [5.41, 5.74) is 1.27. The van der Waals surface area contributed by atoms with Gasteiger partial charge in [0.25, 0.3) is 5.91 Å². The molecule has 5 heteroatoms. The van der Waals surface area contributed by atoms with Gasteiger partial charge in [-0.3, -0.25) is 9.69 Å². The average Bonchev–Trinajstić information content (AvgIpc) is 3.12. The molecule has 2 aromatic heterocycles. The maximum atomic E-state index is 12.1. The molecule has 0 aromatic carbocycles. The zero-order valence-electron chi connectivity index (χ0n) is 11.7. The van der Waals surface area contributed by atoms with Gasteiger partial charge in [-0.05, 0) is 45.0 Å². The molecule has 106 valence electrons. The first kappa shape index (κ1) is 13.1. The van der Waals surface area contributed by atoms with E-state index in [0.29, 0.717) is 18.3 Å². The Kier molecular flexibility index (Phi) is 3.69. The maximum Gasteiger partial charge on any atom is 0.271 e. The van der Waals surface area contributed by atoms with Crippen LogP contribution in [0.5, 0.6) is 0 Å². The third-order valence-corrected chi connectivity index (χ3v) is 3.92. The molecular weight excluding hydrogens is 252 g/mol. The summed E-state index contributed by atoms with van der Waals surface area (Å²) < 4.78 is 1.86. The molecule has 0 spiro atoms. The summed E-state index contributed by atoms with van der Waals surface area (Å²) in [6, 6.07) is 6.12. The first-order chi connectivity index (χ1) is 9.74. The molecule has 1 aliphatic heterocycles. The minimum absolute atomic E-state index is 0.0975. The number of hydrogen-bond acceptors (Lipinski definition) is 3. The van der Waals surface area contributed by atoms with Gasteiger partial charge in [-0.2, -0.15) is 0 Å². The van der Waals surface area contributed by atoms with Gasteiger partial charge in [0.1, 0.15) is 11.3 Å². The molecule has 1 fully saturated rings. The molecule has 3 heterocycles. The van der Waals surface area contributed by atoms with Crippen molar-refractivity contribution < 1.29 is 4.79 Å². The Bertz CT molecular complexity index is 568. The lowest BCUT2D eigenvalue weighted by atomic mass is 10.3. The zero-order chi connectivity index (χ0) is 13.9. The molecule has 1 N–H and O–H groups in total. The Labute approximate surface area is 118 Å². The van der Waals surface area contributed by atoms with Crippen molar-refractivity contribution in [3.8, 4) is 0 Å². The number of pyridine rings is 1. The van der Waals surface area contributed by atoms with Gasteiger partial charge in [-0.25, -0.2) is 4.98 Å². The number of carbonyl (C=O) groups is 1. The molecular formula is C15H20N4O. The third-order valence-electron chi connectivity index (χ3n) is 3.92. The Morgan fingerprint density at radius 1 is 1.40 bits per heavy atom. The second-order valence-corrected chi connectivity index (χ2v) is 5.39. The van der Waals surface area contributed by atoms with E-state index in [-0.39, 0.29) is 5.91 Å². The predicted molar refractivity (Wildman–Crippen MR) is 77.8 cm³/mol. The van der Waals surface area contributed by atoms with E-state index in [4.69, 9.17) is 0 Å². The Morgan fingerprint density at radius 3 is 2.95 bits per heavy atom. The molecule has 2 aromatic rings.